The van der Waals surface area contributed by atoms with E-state index in [-0.39, 0.29) is 27.1 Å². The van der Waals surface area contributed by atoms with Crippen LogP contribution in [0.1, 0.15) is 132 Å². The topological polar surface area (TPSA) is 64.2 Å². The van der Waals surface area contributed by atoms with Gasteiger partial charge in [0.2, 0.25) is 0 Å². The summed E-state index contributed by atoms with van der Waals surface area (Å²) in [6, 6.07) is 61.2. The third-order valence-corrected chi connectivity index (χ3v) is 15.6. The third kappa shape index (κ3) is 10.4. The lowest BCUT2D eigenvalue weighted by molar-refractivity contribution is 0.483. The Kier molecular flexibility index (Phi) is 13.0. The van der Waals surface area contributed by atoms with Crippen molar-refractivity contribution in [1.29, 1.82) is 0 Å². The molecule has 400 valence electrons. The molecule has 11 aromatic rings. The number of fused-ring (bicyclic) bond motifs is 7. The van der Waals surface area contributed by atoms with Gasteiger partial charge in [-0.15, -0.1) is 0 Å². The van der Waals surface area contributed by atoms with E-state index in [9.17, 15) is 0 Å². The summed E-state index contributed by atoms with van der Waals surface area (Å²) in [5.41, 5.74) is 18.3. The van der Waals surface area contributed by atoms with Crippen molar-refractivity contribution < 1.29 is 9.15 Å². The molecule has 3 aromatic heterocycles. The predicted molar refractivity (Wildman–Crippen MR) is 336 cm³/mol. The van der Waals surface area contributed by atoms with Crippen LogP contribution in [0.2, 0.25) is 0 Å². The normalized spacial score (nSPS) is 12.7. The Labute approximate surface area is 467 Å². The molecule has 6 nitrogen and oxygen atoms in total. The fourth-order valence-corrected chi connectivity index (χ4v) is 10.8. The summed E-state index contributed by atoms with van der Waals surface area (Å²) in [5.74, 6) is 2.23. The van der Waals surface area contributed by atoms with Crippen molar-refractivity contribution >= 4 is 66.5 Å². The van der Waals surface area contributed by atoms with Crippen molar-refractivity contribution in [3.8, 4) is 39.6 Å². The maximum Gasteiger partial charge on any atom is 0.161 e. The predicted octanol–water partition coefficient (Wildman–Crippen LogP) is 21.2. The number of para-hydroxylation sites is 3. The van der Waals surface area contributed by atoms with Gasteiger partial charge < -0.3 is 19.8 Å². The monoisotopic (exact) mass is 1040 g/mol. The van der Waals surface area contributed by atoms with Gasteiger partial charge in [-0.3, -0.25) is 4.57 Å². The highest BCUT2D eigenvalue weighted by atomic mass is 16.5. The molecule has 3 heterocycles. The molecule has 0 radical (unpaired) electrons. The first kappa shape index (κ1) is 52.9. The van der Waals surface area contributed by atoms with Gasteiger partial charge in [0.05, 0.1) is 28.0 Å². The summed E-state index contributed by atoms with van der Waals surface area (Å²) >= 11 is 0. The first-order valence-electron chi connectivity index (χ1n) is 28.0. The van der Waals surface area contributed by atoms with E-state index in [4.69, 9.17) is 14.1 Å². The van der Waals surface area contributed by atoms with Crippen molar-refractivity contribution in [2.24, 2.45) is 0 Å². The summed E-state index contributed by atoms with van der Waals surface area (Å²) in [6.07, 6.45) is 1.92. The minimum Gasteiger partial charge on any atom is -0.457 e. The van der Waals surface area contributed by atoms with Gasteiger partial charge >= 0.3 is 0 Å². The molecule has 79 heavy (non-hydrogen) atoms. The molecule has 6 heteroatoms. The smallest absolute Gasteiger partial charge is 0.161 e. The molecular weight excluding hydrogens is 965 g/mol. The van der Waals surface area contributed by atoms with E-state index in [2.05, 4.69) is 271 Å². The number of hydrogen-bond donors (Lipinski definition) is 2. The van der Waals surface area contributed by atoms with Gasteiger partial charge in [-0.2, -0.15) is 0 Å². The molecule has 0 amide bonds. The Balaban J connectivity index is 0.995. The number of furan rings is 1. The lowest BCUT2D eigenvalue weighted by Gasteiger charge is -2.28. The highest BCUT2D eigenvalue weighted by molar-refractivity contribution is 6.24. The molecule has 2 N–H and O–H groups in total. The van der Waals surface area contributed by atoms with E-state index in [1.54, 1.807) is 0 Å². The summed E-state index contributed by atoms with van der Waals surface area (Å²) in [5, 5.41) is 12.2. The van der Waals surface area contributed by atoms with Gasteiger partial charge in [0, 0.05) is 40.5 Å². The summed E-state index contributed by atoms with van der Waals surface area (Å²) < 4.78 is 15.9. The van der Waals surface area contributed by atoms with Crippen molar-refractivity contribution in [3.63, 3.8) is 0 Å². The molecule has 0 aliphatic carbocycles. The zero-order valence-corrected chi connectivity index (χ0v) is 49.0. The van der Waals surface area contributed by atoms with Gasteiger partial charge in [0.1, 0.15) is 28.4 Å². The number of benzene rings is 8. The maximum atomic E-state index is 6.83. The van der Waals surface area contributed by atoms with Crippen LogP contribution in [0.3, 0.4) is 0 Å². The number of aromatic nitrogens is 2. The highest BCUT2D eigenvalue weighted by Gasteiger charge is 2.27. The maximum absolute atomic E-state index is 6.83. The SMILES string of the molecule is CC(C)(C)c1cc(-c2cccc(-c3cc(C(C)(C)C)cc(C(C)(C)C)c3)c2Nc2ccccc2Nc2cccc(Oc3ccc4c5oc6ccc7ccccc7c6c5n(-c5cc(C(C)(C)C)ccn5)c4c3)c2)cc(C(C)(C)C)c1. The zero-order chi connectivity index (χ0) is 56.0. The average molecular weight is 1040 g/mol. The quantitative estimate of drug-likeness (QED) is 0.151. The van der Waals surface area contributed by atoms with E-state index in [1.165, 1.54) is 38.9 Å². The first-order valence-corrected chi connectivity index (χ1v) is 28.0. The molecule has 8 aromatic carbocycles. The van der Waals surface area contributed by atoms with Crippen LogP contribution in [0.15, 0.2) is 180 Å². The number of nitrogens with zero attached hydrogens (tertiary/aromatic N) is 2. The van der Waals surface area contributed by atoms with Gasteiger partial charge in [-0.1, -0.05) is 207 Å². The van der Waals surface area contributed by atoms with Gasteiger partial charge in [0.25, 0.3) is 0 Å². The lowest BCUT2D eigenvalue weighted by atomic mass is 9.77. The fourth-order valence-electron chi connectivity index (χ4n) is 10.8. The molecule has 0 aliphatic heterocycles. The van der Waals surface area contributed by atoms with Crippen LogP contribution in [-0.2, 0) is 27.1 Å². The number of hydrogen-bond acceptors (Lipinski definition) is 5. The second-order valence-electron chi connectivity index (χ2n) is 26.9. The van der Waals surface area contributed by atoms with Crippen LogP contribution >= 0.6 is 0 Å². The fraction of sp³-hybridized carbons (Fsp3) is 0.274. The molecule has 0 spiro atoms. The van der Waals surface area contributed by atoms with Crippen LogP contribution in [0.5, 0.6) is 11.5 Å². The van der Waals surface area contributed by atoms with Crippen molar-refractivity contribution in [1.82, 2.24) is 9.55 Å². The second kappa shape index (κ2) is 19.4. The molecule has 0 unspecified atom stereocenters. The molecule has 11 rings (SSSR count). The summed E-state index contributed by atoms with van der Waals surface area (Å²) in [6.45, 7) is 34.4. The first-order chi connectivity index (χ1) is 37.3. The van der Waals surface area contributed by atoms with Crippen LogP contribution in [-0.4, -0.2) is 9.55 Å². The van der Waals surface area contributed by atoms with Crippen LogP contribution in [0, 0.1) is 0 Å². The van der Waals surface area contributed by atoms with Crippen molar-refractivity contribution in [2.75, 3.05) is 10.6 Å². The lowest BCUT2D eigenvalue weighted by Crippen LogP contribution is -2.17. The zero-order valence-electron chi connectivity index (χ0n) is 49.0. The van der Waals surface area contributed by atoms with E-state index in [0.717, 1.165) is 83.4 Å². The second-order valence-corrected chi connectivity index (χ2v) is 26.9. The van der Waals surface area contributed by atoms with Crippen LogP contribution in [0.25, 0.3) is 71.8 Å². The number of ether oxygens (including phenoxy) is 1. The average Bonchev–Trinajstić information content (AvgIpc) is 3.64. The largest absolute Gasteiger partial charge is 0.457 e. The molecule has 0 bridgehead atoms. The Hall–Kier alpha value is -8.09. The number of pyridine rings is 1. The van der Waals surface area contributed by atoms with E-state index >= 15 is 0 Å². The molecule has 0 fully saturated rings. The minimum atomic E-state index is -0.0769. The number of nitrogens with one attached hydrogen (secondary N) is 2. The molecule has 0 saturated heterocycles. The Morgan fingerprint density at radius 2 is 0.987 bits per heavy atom. The molecule has 0 saturated carbocycles. The van der Waals surface area contributed by atoms with Crippen molar-refractivity contribution in [3.05, 3.63) is 204 Å². The Bertz CT molecular complexity index is 3980. The summed E-state index contributed by atoms with van der Waals surface area (Å²) in [4.78, 5) is 5.02. The van der Waals surface area contributed by atoms with Crippen molar-refractivity contribution in [2.45, 2.75) is 131 Å². The van der Waals surface area contributed by atoms with E-state index < -0.39 is 0 Å². The molecule has 0 atom stereocenters. The van der Waals surface area contributed by atoms with Crippen LogP contribution in [0.4, 0.5) is 22.7 Å². The Morgan fingerprint density at radius 1 is 0.443 bits per heavy atom. The van der Waals surface area contributed by atoms with Gasteiger partial charge in [-0.05, 0) is 131 Å². The number of rotatable bonds is 9. The van der Waals surface area contributed by atoms with Gasteiger partial charge in [-0.25, -0.2) is 4.98 Å². The summed E-state index contributed by atoms with van der Waals surface area (Å²) in [7, 11) is 0. The van der Waals surface area contributed by atoms with E-state index in [0.29, 0.717) is 11.5 Å². The van der Waals surface area contributed by atoms with Crippen LogP contribution < -0.4 is 15.4 Å². The highest BCUT2D eigenvalue weighted by Crippen LogP contribution is 2.47. The van der Waals surface area contributed by atoms with Gasteiger partial charge in [0.15, 0.2) is 5.58 Å². The Morgan fingerprint density at radius 3 is 1.58 bits per heavy atom. The van der Waals surface area contributed by atoms with E-state index in [1.807, 2.05) is 24.4 Å². The number of anilines is 4. The molecule has 0 aliphatic rings. The minimum absolute atomic E-state index is 0.0511. The molecular formula is C73H76N4O2. The standard InChI is InChI=1S/C73H76N4O2/c1-69(2,3)48-34-35-74-64(42-48)77-62-44-55(31-32-59(62)68-67(77)65-56-25-17-16-22-45(56)30-33-63(65)79-68)78-54-24-20-23-53(43-54)75-60-28-18-19-29-61(60)76-66-57(46-36-49(70(4,5)6)40-50(37-46)71(7,8)9)26-21-27-58(66)47-38-51(72(10,11)12)41-52(39-47)73(13,14)15/h16-44,75-76H,1-15H3. The third-order valence-electron chi connectivity index (χ3n) is 15.6.